The van der Waals surface area contributed by atoms with Gasteiger partial charge in [0, 0.05) is 63.7 Å². The molecule has 0 aliphatic carbocycles. The van der Waals surface area contributed by atoms with Crippen molar-refractivity contribution in [2.45, 2.75) is 6.10 Å². The summed E-state index contributed by atoms with van der Waals surface area (Å²) in [7, 11) is 1.72. The highest BCUT2D eigenvalue weighted by molar-refractivity contribution is 5.93. The minimum Gasteiger partial charge on any atom is -0.389 e. The molecule has 1 aliphatic heterocycles. The van der Waals surface area contributed by atoms with Gasteiger partial charge in [-0.05, 0) is 12.1 Å². The third-order valence-electron chi connectivity index (χ3n) is 3.94. The molecule has 24 heavy (non-hydrogen) atoms. The van der Waals surface area contributed by atoms with Crippen LogP contribution in [0.4, 0.5) is 11.6 Å². The first-order chi connectivity index (χ1) is 11.7. The van der Waals surface area contributed by atoms with Crippen LogP contribution in [0.2, 0.25) is 0 Å². The van der Waals surface area contributed by atoms with E-state index in [-0.39, 0.29) is 12.5 Å². The summed E-state index contributed by atoms with van der Waals surface area (Å²) in [4.78, 5) is 28.5. The number of aliphatic hydroxyl groups excluding tert-OH is 1. The molecule has 0 radical (unpaired) electrons. The molecule has 1 amide bonds. The van der Waals surface area contributed by atoms with Crippen LogP contribution in [0, 0.1) is 0 Å². The molecule has 2 N–H and O–H groups in total. The number of nitrogens with one attached hydrogen (secondary N) is 1. The molecule has 1 fully saturated rings. The Morgan fingerprint density at radius 2 is 1.92 bits per heavy atom. The number of hydrogen-bond donors (Lipinski definition) is 2. The van der Waals surface area contributed by atoms with Crippen molar-refractivity contribution in [3.63, 3.8) is 0 Å². The van der Waals surface area contributed by atoms with Crippen LogP contribution in [0.3, 0.4) is 0 Å². The highest BCUT2D eigenvalue weighted by Gasteiger charge is 2.25. The van der Waals surface area contributed by atoms with Crippen LogP contribution in [-0.4, -0.2) is 70.2 Å². The lowest BCUT2D eigenvalue weighted by Crippen LogP contribution is -2.37. The van der Waals surface area contributed by atoms with Crippen molar-refractivity contribution < 1.29 is 9.90 Å². The van der Waals surface area contributed by atoms with Crippen LogP contribution >= 0.6 is 0 Å². The maximum atomic E-state index is 12.6. The van der Waals surface area contributed by atoms with Gasteiger partial charge in [0.05, 0.1) is 11.7 Å². The first kappa shape index (κ1) is 16.1. The number of hydrogen-bond acceptors (Lipinski definition) is 7. The lowest BCUT2D eigenvalue weighted by Gasteiger charge is -2.23. The van der Waals surface area contributed by atoms with Gasteiger partial charge in [-0.2, -0.15) is 0 Å². The first-order valence-electron chi connectivity index (χ1n) is 7.79. The number of rotatable bonds is 3. The molecule has 0 spiro atoms. The van der Waals surface area contributed by atoms with Gasteiger partial charge in [-0.15, -0.1) is 0 Å². The summed E-state index contributed by atoms with van der Waals surface area (Å²) in [6.45, 7) is 1.92. The zero-order chi connectivity index (χ0) is 16.9. The summed E-state index contributed by atoms with van der Waals surface area (Å²) in [5.41, 5.74) is 1.40. The van der Waals surface area contributed by atoms with Gasteiger partial charge in [-0.25, -0.2) is 9.97 Å². The Labute approximate surface area is 140 Å². The zero-order valence-corrected chi connectivity index (χ0v) is 13.5. The third kappa shape index (κ3) is 3.60. The zero-order valence-electron chi connectivity index (χ0n) is 13.5. The standard InChI is InChI=1S/C16H20N6O2/c1-17-16-19-8-12(9-20-16)15(24)22-7-6-21(10-14(23)11-22)13-2-4-18-5-3-13/h2-5,8-9,14,23H,6-7,10-11H2,1H3,(H,17,19,20)/t14-/m1/s1. The minimum atomic E-state index is -0.623. The number of anilines is 2. The lowest BCUT2D eigenvalue weighted by atomic mass is 10.2. The fourth-order valence-electron chi connectivity index (χ4n) is 2.71. The van der Waals surface area contributed by atoms with E-state index in [1.807, 2.05) is 12.1 Å². The number of carbonyl (C=O) groups is 1. The molecule has 0 saturated carbocycles. The molecule has 0 unspecified atom stereocenters. The normalized spacial score (nSPS) is 18.2. The molecular formula is C16H20N6O2. The monoisotopic (exact) mass is 328 g/mol. The second-order valence-corrected chi connectivity index (χ2v) is 5.60. The number of carbonyl (C=O) groups excluding carboxylic acids is 1. The van der Waals surface area contributed by atoms with Gasteiger partial charge in [-0.3, -0.25) is 9.78 Å². The fourth-order valence-corrected chi connectivity index (χ4v) is 2.71. The maximum Gasteiger partial charge on any atom is 0.257 e. The summed E-state index contributed by atoms with van der Waals surface area (Å²) in [5.74, 6) is 0.291. The number of pyridine rings is 1. The molecule has 8 heteroatoms. The molecule has 3 heterocycles. The second-order valence-electron chi connectivity index (χ2n) is 5.60. The Hall–Kier alpha value is -2.74. The Morgan fingerprint density at radius 1 is 1.21 bits per heavy atom. The van der Waals surface area contributed by atoms with Crippen molar-refractivity contribution in [3.05, 3.63) is 42.5 Å². The Kier molecular flexibility index (Phi) is 4.85. The summed E-state index contributed by atoms with van der Waals surface area (Å²) in [6.07, 6.45) is 5.81. The van der Waals surface area contributed by atoms with E-state index in [1.54, 1.807) is 24.3 Å². The topological polar surface area (TPSA) is 94.5 Å². The van der Waals surface area contributed by atoms with E-state index in [9.17, 15) is 9.90 Å². The minimum absolute atomic E-state index is 0.173. The average Bonchev–Trinajstić information content (AvgIpc) is 2.83. The van der Waals surface area contributed by atoms with Crippen LogP contribution in [-0.2, 0) is 0 Å². The van der Waals surface area contributed by atoms with Crippen LogP contribution in [0.25, 0.3) is 0 Å². The number of β-amino-alcohol motifs (C(OH)–C–C–N with tert-alkyl or cyclic N) is 1. The van der Waals surface area contributed by atoms with E-state index in [0.29, 0.717) is 31.1 Å². The highest BCUT2D eigenvalue weighted by Crippen LogP contribution is 2.16. The van der Waals surface area contributed by atoms with E-state index in [2.05, 4.69) is 25.2 Å². The van der Waals surface area contributed by atoms with Gasteiger partial charge in [0.1, 0.15) is 0 Å². The van der Waals surface area contributed by atoms with Crippen LogP contribution in [0.15, 0.2) is 36.9 Å². The average molecular weight is 328 g/mol. The lowest BCUT2D eigenvalue weighted by molar-refractivity contribution is 0.0673. The Balaban J connectivity index is 1.71. The molecule has 126 valence electrons. The summed E-state index contributed by atoms with van der Waals surface area (Å²) < 4.78 is 0. The van der Waals surface area contributed by atoms with Crippen molar-refractivity contribution in [3.8, 4) is 0 Å². The van der Waals surface area contributed by atoms with Crippen LogP contribution in [0.5, 0.6) is 0 Å². The van der Waals surface area contributed by atoms with Crippen molar-refractivity contribution in [2.75, 3.05) is 43.4 Å². The van der Waals surface area contributed by atoms with Gasteiger partial charge in [0.15, 0.2) is 0 Å². The third-order valence-corrected chi connectivity index (χ3v) is 3.94. The van der Waals surface area contributed by atoms with Gasteiger partial charge >= 0.3 is 0 Å². The molecule has 2 aromatic rings. The molecule has 0 bridgehead atoms. The van der Waals surface area contributed by atoms with Crippen LogP contribution in [0.1, 0.15) is 10.4 Å². The number of aliphatic hydroxyl groups is 1. The predicted octanol–water partition coefficient (Wildman–Crippen LogP) is 0.237. The van der Waals surface area contributed by atoms with Gasteiger partial charge < -0.3 is 20.2 Å². The molecular weight excluding hydrogens is 308 g/mol. The van der Waals surface area contributed by atoms with Crippen molar-refractivity contribution >= 4 is 17.5 Å². The van der Waals surface area contributed by atoms with E-state index in [1.165, 1.54) is 12.4 Å². The molecule has 0 aromatic carbocycles. The van der Waals surface area contributed by atoms with Gasteiger partial charge in [0.25, 0.3) is 5.91 Å². The van der Waals surface area contributed by atoms with Crippen molar-refractivity contribution in [1.82, 2.24) is 19.9 Å². The van der Waals surface area contributed by atoms with Gasteiger partial charge in [-0.1, -0.05) is 0 Å². The first-order valence-corrected chi connectivity index (χ1v) is 7.79. The highest BCUT2D eigenvalue weighted by atomic mass is 16.3. The quantitative estimate of drug-likeness (QED) is 0.833. The fraction of sp³-hybridized carbons (Fsp3) is 0.375. The molecule has 1 atom stereocenters. The van der Waals surface area contributed by atoms with E-state index in [4.69, 9.17) is 0 Å². The number of aromatic nitrogens is 3. The Morgan fingerprint density at radius 3 is 2.58 bits per heavy atom. The van der Waals surface area contributed by atoms with E-state index in [0.717, 1.165) is 5.69 Å². The summed E-state index contributed by atoms with van der Waals surface area (Å²) in [5, 5.41) is 13.1. The molecule has 2 aromatic heterocycles. The SMILES string of the molecule is CNc1ncc(C(=O)N2CCN(c3ccncc3)C[C@@H](O)C2)cn1. The largest absolute Gasteiger partial charge is 0.389 e. The number of nitrogens with zero attached hydrogens (tertiary/aromatic N) is 5. The predicted molar refractivity (Wildman–Crippen MR) is 89.9 cm³/mol. The molecule has 3 rings (SSSR count). The molecule has 1 saturated heterocycles. The van der Waals surface area contributed by atoms with E-state index < -0.39 is 6.10 Å². The summed E-state index contributed by atoms with van der Waals surface area (Å²) >= 11 is 0. The molecule has 8 nitrogen and oxygen atoms in total. The van der Waals surface area contributed by atoms with Crippen molar-refractivity contribution in [2.24, 2.45) is 0 Å². The van der Waals surface area contributed by atoms with Crippen LogP contribution < -0.4 is 10.2 Å². The molecule has 1 aliphatic rings. The maximum absolute atomic E-state index is 12.6. The number of amides is 1. The second kappa shape index (κ2) is 7.22. The Bertz CT molecular complexity index is 679. The van der Waals surface area contributed by atoms with Gasteiger partial charge in [0.2, 0.25) is 5.95 Å². The summed E-state index contributed by atoms with van der Waals surface area (Å²) in [6, 6.07) is 3.79. The smallest absolute Gasteiger partial charge is 0.257 e. The van der Waals surface area contributed by atoms with Crippen molar-refractivity contribution in [1.29, 1.82) is 0 Å². The van der Waals surface area contributed by atoms with E-state index >= 15 is 0 Å².